The predicted molar refractivity (Wildman–Crippen MR) is 306 cm³/mol. The third-order valence-electron chi connectivity index (χ3n) is 14.4. The number of nitrogens with one attached hydrogen (secondary N) is 1. The second-order valence-electron chi connectivity index (χ2n) is 21.4. The monoisotopic (exact) mass is 984 g/mol. The Morgan fingerprint density at radius 1 is 0.400 bits per heavy atom. The van der Waals surface area contributed by atoms with Crippen LogP contribution in [0, 0.1) is 0 Å². The predicted octanol–water partition coefficient (Wildman–Crippen LogP) is 19.6. The van der Waals surface area contributed by atoms with E-state index in [1.54, 1.807) is 0 Å². The number of amides is 1. The molecule has 0 aromatic rings. The van der Waals surface area contributed by atoms with Gasteiger partial charge in [0.05, 0.1) is 25.4 Å². The van der Waals surface area contributed by atoms with E-state index in [9.17, 15) is 19.8 Å². The van der Waals surface area contributed by atoms with Crippen molar-refractivity contribution in [3.05, 3.63) is 36.5 Å². The standard InChI is InChI=1S/C64H121NO5/c1-3-5-7-9-11-13-15-17-19-20-27-30-34-38-42-46-50-54-58-64(69)70-59-55-51-47-43-39-35-31-28-25-23-21-22-24-26-29-33-37-41-45-49-53-57-63(68)65-61(60-66)62(67)56-52-48-44-40-36-32-18-16-14-12-10-8-6-4-2/h19-20,35,39,47,51,61-62,66-67H,3-18,21-34,36-38,40-46,48-50,52-60H2,1-2H3,(H,65,68)/b20-19-,39-35-,51-47-. The summed E-state index contributed by atoms with van der Waals surface area (Å²) in [5.41, 5.74) is 0. The Hall–Kier alpha value is -1.92. The highest BCUT2D eigenvalue weighted by molar-refractivity contribution is 5.76. The second kappa shape index (κ2) is 59.6. The third kappa shape index (κ3) is 55.4. The van der Waals surface area contributed by atoms with Gasteiger partial charge in [0.25, 0.3) is 0 Å². The lowest BCUT2D eigenvalue weighted by atomic mass is 10.0. The molecule has 6 nitrogen and oxygen atoms in total. The van der Waals surface area contributed by atoms with E-state index in [0.717, 1.165) is 51.4 Å². The summed E-state index contributed by atoms with van der Waals surface area (Å²) in [5.74, 6) is -0.0767. The molecule has 0 saturated carbocycles. The number of carbonyl (C=O) groups excluding carboxylic acids is 2. The Morgan fingerprint density at radius 2 is 0.714 bits per heavy atom. The topological polar surface area (TPSA) is 95.9 Å². The van der Waals surface area contributed by atoms with Crippen molar-refractivity contribution in [1.29, 1.82) is 0 Å². The summed E-state index contributed by atoms with van der Waals surface area (Å²) in [6, 6.07) is -0.545. The van der Waals surface area contributed by atoms with E-state index in [1.807, 2.05) is 0 Å². The number of allylic oxidation sites excluding steroid dienone is 5. The Bertz CT molecular complexity index is 1130. The molecule has 0 spiro atoms. The molecule has 0 aromatic heterocycles. The van der Waals surface area contributed by atoms with E-state index < -0.39 is 12.1 Å². The Kier molecular flexibility index (Phi) is 58.0. The van der Waals surface area contributed by atoms with Gasteiger partial charge in [0.1, 0.15) is 0 Å². The van der Waals surface area contributed by atoms with Crippen LogP contribution in [0.15, 0.2) is 36.5 Å². The zero-order valence-electron chi connectivity index (χ0n) is 47.0. The zero-order chi connectivity index (χ0) is 50.7. The summed E-state index contributed by atoms with van der Waals surface area (Å²) in [6.45, 7) is 4.85. The normalized spacial score (nSPS) is 12.8. The molecule has 3 N–H and O–H groups in total. The summed E-state index contributed by atoms with van der Waals surface area (Å²) in [6.07, 6.45) is 74.5. The van der Waals surface area contributed by atoms with Gasteiger partial charge < -0.3 is 20.3 Å². The van der Waals surface area contributed by atoms with Gasteiger partial charge in [-0.15, -0.1) is 0 Å². The van der Waals surface area contributed by atoms with E-state index >= 15 is 0 Å². The first-order chi connectivity index (χ1) is 34.5. The van der Waals surface area contributed by atoms with Crippen LogP contribution in [-0.2, 0) is 14.3 Å². The molecule has 1 amide bonds. The number of unbranched alkanes of at least 4 members (excludes halogenated alkanes) is 41. The van der Waals surface area contributed by atoms with Gasteiger partial charge in [-0.05, 0) is 70.6 Å². The molecular formula is C64H121NO5. The van der Waals surface area contributed by atoms with Gasteiger partial charge in [-0.25, -0.2) is 0 Å². The van der Waals surface area contributed by atoms with E-state index in [0.29, 0.717) is 25.9 Å². The number of esters is 1. The van der Waals surface area contributed by atoms with Crippen LogP contribution in [0.3, 0.4) is 0 Å². The van der Waals surface area contributed by atoms with Crippen LogP contribution in [0.4, 0.5) is 0 Å². The van der Waals surface area contributed by atoms with Crippen LogP contribution < -0.4 is 5.32 Å². The minimum absolute atomic E-state index is 0.0379. The summed E-state index contributed by atoms with van der Waals surface area (Å²) < 4.78 is 5.43. The fraction of sp³-hybridized carbons (Fsp3) is 0.875. The summed E-state index contributed by atoms with van der Waals surface area (Å²) >= 11 is 0. The number of ether oxygens (including phenoxy) is 1. The van der Waals surface area contributed by atoms with Gasteiger partial charge in [-0.3, -0.25) is 9.59 Å². The van der Waals surface area contributed by atoms with Crippen LogP contribution in [0.2, 0.25) is 0 Å². The Balaban J connectivity index is 3.44. The maximum Gasteiger partial charge on any atom is 0.305 e. The molecule has 6 heteroatoms. The number of aliphatic hydroxyl groups excluding tert-OH is 2. The number of hydrogen-bond acceptors (Lipinski definition) is 5. The first kappa shape index (κ1) is 68.1. The fourth-order valence-corrected chi connectivity index (χ4v) is 9.65. The Labute approximate surface area is 436 Å². The SMILES string of the molecule is CCCCCCCCC/C=C\CCCCCCCCCC(=O)OCC/C=C\C/C=C\CCCCCCCCCCCCCCCCC(=O)NC(CO)C(O)CCCCCCCCCCCCCCCC. The zero-order valence-corrected chi connectivity index (χ0v) is 47.0. The van der Waals surface area contributed by atoms with Gasteiger partial charge in [0, 0.05) is 12.8 Å². The van der Waals surface area contributed by atoms with Gasteiger partial charge in [0.15, 0.2) is 0 Å². The highest BCUT2D eigenvalue weighted by atomic mass is 16.5. The molecule has 0 aliphatic rings. The molecule has 2 unspecified atom stereocenters. The third-order valence-corrected chi connectivity index (χ3v) is 14.4. The van der Waals surface area contributed by atoms with Crippen molar-refractivity contribution in [2.45, 2.75) is 347 Å². The second-order valence-corrected chi connectivity index (χ2v) is 21.4. The lowest BCUT2D eigenvalue weighted by Crippen LogP contribution is -2.45. The molecule has 2 atom stereocenters. The summed E-state index contributed by atoms with van der Waals surface area (Å²) in [5, 5.41) is 23.3. The average molecular weight is 985 g/mol. The molecule has 70 heavy (non-hydrogen) atoms. The molecule has 0 radical (unpaired) electrons. The van der Waals surface area contributed by atoms with Crippen LogP contribution in [0.5, 0.6) is 0 Å². The van der Waals surface area contributed by atoms with Crippen molar-refractivity contribution in [2.24, 2.45) is 0 Å². The van der Waals surface area contributed by atoms with Crippen molar-refractivity contribution < 1.29 is 24.5 Å². The highest BCUT2D eigenvalue weighted by Gasteiger charge is 2.20. The number of rotatable bonds is 58. The largest absolute Gasteiger partial charge is 0.465 e. The maximum absolute atomic E-state index is 12.5. The highest BCUT2D eigenvalue weighted by Crippen LogP contribution is 2.17. The van der Waals surface area contributed by atoms with Crippen molar-refractivity contribution in [3.63, 3.8) is 0 Å². The quantitative estimate of drug-likeness (QED) is 0.0321. The van der Waals surface area contributed by atoms with E-state index in [-0.39, 0.29) is 18.5 Å². The maximum atomic E-state index is 12.5. The van der Waals surface area contributed by atoms with Crippen LogP contribution in [0.1, 0.15) is 335 Å². The summed E-state index contributed by atoms with van der Waals surface area (Å²) in [7, 11) is 0. The van der Waals surface area contributed by atoms with Crippen molar-refractivity contribution in [3.8, 4) is 0 Å². The van der Waals surface area contributed by atoms with E-state index in [2.05, 4.69) is 55.6 Å². The van der Waals surface area contributed by atoms with Crippen molar-refractivity contribution >= 4 is 11.9 Å². The molecule has 0 fully saturated rings. The molecule has 0 rings (SSSR count). The first-order valence-electron chi connectivity index (χ1n) is 31.2. The van der Waals surface area contributed by atoms with Gasteiger partial charge >= 0.3 is 5.97 Å². The molecule has 0 heterocycles. The molecule has 0 saturated heterocycles. The van der Waals surface area contributed by atoms with Crippen LogP contribution in [-0.4, -0.2) is 47.4 Å². The molecule has 412 valence electrons. The lowest BCUT2D eigenvalue weighted by Gasteiger charge is -2.22. The Morgan fingerprint density at radius 3 is 1.10 bits per heavy atom. The number of aliphatic hydroxyl groups is 2. The first-order valence-corrected chi connectivity index (χ1v) is 31.2. The van der Waals surface area contributed by atoms with Gasteiger partial charge in [-0.1, -0.05) is 288 Å². The molecule has 0 bridgehead atoms. The van der Waals surface area contributed by atoms with Gasteiger partial charge in [0.2, 0.25) is 5.91 Å². The van der Waals surface area contributed by atoms with Crippen LogP contribution in [0.25, 0.3) is 0 Å². The fourth-order valence-electron chi connectivity index (χ4n) is 9.65. The average Bonchev–Trinajstić information content (AvgIpc) is 3.36. The molecule has 0 aliphatic carbocycles. The van der Waals surface area contributed by atoms with E-state index in [1.165, 1.54) is 250 Å². The van der Waals surface area contributed by atoms with E-state index in [4.69, 9.17) is 4.74 Å². The minimum Gasteiger partial charge on any atom is -0.465 e. The molecule has 0 aromatic carbocycles. The van der Waals surface area contributed by atoms with Gasteiger partial charge in [-0.2, -0.15) is 0 Å². The summed E-state index contributed by atoms with van der Waals surface area (Å²) in [4.78, 5) is 24.5. The number of hydrogen-bond donors (Lipinski definition) is 3. The number of carbonyl (C=O) groups is 2. The molecular weight excluding hydrogens is 863 g/mol. The van der Waals surface area contributed by atoms with Crippen LogP contribution >= 0.6 is 0 Å². The smallest absolute Gasteiger partial charge is 0.305 e. The van der Waals surface area contributed by atoms with Crippen molar-refractivity contribution in [2.75, 3.05) is 13.2 Å². The lowest BCUT2D eigenvalue weighted by molar-refractivity contribution is -0.143. The van der Waals surface area contributed by atoms with Crippen molar-refractivity contribution in [1.82, 2.24) is 5.32 Å². The molecule has 0 aliphatic heterocycles. The minimum atomic E-state index is -0.668.